The second kappa shape index (κ2) is 6.93. The molecule has 0 bridgehead atoms. The minimum absolute atomic E-state index is 0.257. The maximum Gasteiger partial charge on any atom is 0.329 e. The van der Waals surface area contributed by atoms with E-state index in [-0.39, 0.29) is 12.3 Å². The summed E-state index contributed by atoms with van der Waals surface area (Å²) in [6.45, 7) is 3.25. The highest BCUT2D eigenvalue weighted by Crippen LogP contribution is 2.13. The average Bonchev–Trinajstić information content (AvgIpc) is 2.45. The number of hydrogen-bond acceptors (Lipinski definition) is 3. The molecule has 1 unspecified atom stereocenters. The lowest BCUT2D eigenvalue weighted by Gasteiger charge is -2.24. The summed E-state index contributed by atoms with van der Waals surface area (Å²) >= 11 is 0. The van der Waals surface area contributed by atoms with Gasteiger partial charge in [-0.2, -0.15) is 0 Å². The Morgan fingerprint density at radius 3 is 2.35 bits per heavy atom. The zero-order valence-electron chi connectivity index (χ0n) is 12.1. The summed E-state index contributed by atoms with van der Waals surface area (Å²) in [6, 6.07) is 7.45. The van der Waals surface area contributed by atoms with E-state index in [4.69, 9.17) is 9.84 Å². The highest BCUT2D eigenvalue weighted by atomic mass is 16.5. The summed E-state index contributed by atoms with van der Waals surface area (Å²) in [4.78, 5) is 22.9. The molecule has 0 saturated carbocycles. The number of carbonyl (C=O) groups excluding carboxylic acids is 1. The van der Waals surface area contributed by atoms with Gasteiger partial charge in [-0.1, -0.05) is 19.1 Å². The van der Waals surface area contributed by atoms with Crippen LogP contribution >= 0.6 is 0 Å². The van der Waals surface area contributed by atoms with Crippen molar-refractivity contribution in [3.05, 3.63) is 29.8 Å². The molecule has 1 aromatic rings. The lowest BCUT2D eigenvalue weighted by molar-refractivity contribution is -0.147. The van der Waals surface area contributed by atoms with Gasteiger partial charge < -0.3 is 15.2 Å². The number of carboxylic acids is 1. The number of nitrogens with one attached hydrogen (secondary N) is 1. The Morgan fingerprint density at radius 1 is 1.30 bits per heavy atom. The normalized spacial score (nSPS) is 13.3. The molecule has 0 fully saturated rings. The molecular formula is C15H21NO4. The van der Waals surface area contributed by atoms with Gasteiger partial charge in [-0.05, 0) is 37.5 Å². The molecule has 0 aliphatic heterocycles. The van der Waals surface area contributed by atoms with Gasteiger partial charge in [0.2, 0.25) is 5.91 Å². The lowest BCUT2D eigenvalue weighted by atomic mass is 9.98. The number of aryl methyl sites for hydroxylation is 1. The fraction of sp³-hybridized carbons (Fsp3) is 0.467. The second-order valence-electron chi connectivity index (χ2n) is 4.89. The molecule has 20 heavy (non-hydrogen) atoms. The van der Waals surface area contributed by atoms with E-state index in [1.807, 2.05) is 24.3 Å². The third-order valence-electron chi connectivity index (χ3n) is 3.39. The van der Waals surface area contributed by atoms with Crippen LogP contribution in [0.2, 0.25) is 0 Å². The first kappa shape index (κ1) is 16.0. The van der Waals surface area contributed by atoms with Crippen LogP contribution in [0.5, 0.6) is 5.75 Å². The zero-order chi connectivity index (χ0) is 15.2. The lowest BCUT2D eigenvalue weighted by Crippen LogP contribution is -2.51. The molecule has 0 spiro atoms. The number of benzene rings is 1. The van der Waals surface area contributed by atoms with E-state index in [1.54, 1.807) is 14.0 Å². The van der Waals surface area contributed by atoms with Crippen molar-refractivity contribution in [2.75, 3.05) is 7.11 Å². The van der Waals surface area contributed by atoms with Gasteiger partial charge in [0.15, 0.2) is 0 Å². The van der Waals surface area contributed by atoms with Crippen LogP contribution in [-0.4, -0.2) is 29.6 Å². The van der Waals surface area contributed by atoms with Crippen LogP contribution in [-0.2, 0) is 16.0 Å². The Balaban J connectivity index is 2.52. The maximum atomic E-state index is 11.8. The number of carboxylic acid groups (broad SMARTS) is 1. The first-order valence-corrected chi connectivity index (χ1v) is 6.58. The van der Waals surface area contributed by atoms with Gasteiger partial charge in [0.1, 0.15) is 11.3 Å². The van der Waals surface area contributed by atoms with Crippen molar-refractivity contribution in [2.24, 2.45) is 0 Å². The van der Waals surface area contributed by atoms with Crippen molar-refractivity contribution >= 4 is 11.9 Å². The van der Waals surface area contributed by atoms with Gasteiger partial charge in [0.25, 0.3) is 0 Å². The summed E-state index contributed by atoms with van der Waals surface area (Å²) in [5, 5.41) is 11.7. The van der Waals surface area contributed by atoms with Gasteiger partial charge in [0.05, 0.1) is 7.11 Å². The number of amides is 1. The van der Waals surface area contributed by atoms with Gasteiger partial charge in [-0.3, -0.25) is 4.79 Å². The van der Waals surface area contributed by atoms with Gasteiger partial charge >= 0.3 is 5.97 Å². The second-order valence-corrected chi connectivity index (χ2v) is 4.89. The van der Waals surface area contributed by atoms with E-state index in [0.29, 0.717) is 12.8 Å². The van der Waals surface area contributed by atoms with Gasteiger partial charge in [-0.15, -0.1) is 0 Å². The van der Waals surface area contributed by atoms with Crippen LogP contribution in [0.3, 0.4) is 0 Å². The Hall–Kier alpha value is -2.04. The Kier molecular flexibility index (Phi) is 5.55. The zero-order valence-corrected chi connectivity index (χ0v) is 12.1. The fourth-order valence-electron chi connectivity index (χ4n) is 1.71. The smallest absolute Gasteiger partial charge is 0.329 e. The molecule has 110 valence electrons. The van der Waals surface area contributed by atoms with Crippen molar-refractivity contribution in [3.8, 4) is 5.75 Å². The third-order valence-corrected chi connectivity index (χ3v) is 3.39. The summed E-state index contributed by atoms with van der Waals surface area (Å²) < 4.78 is 5.06. The molecule has 0 heterocycles. The minimum Gasteiger partial charge on any atom is -0.497 e. The van der Waals surface area contributed by atoms with Crippen LogP contribution < -0.4 is 10.1 Å². The molecular weight excluding hydrogens is 258 g/mol. The van der Waals surface area contributed by atoms with Crippen LogP contribution in [0.25, 0.3) is 0 Å². The summed E-state index contributed by atoms with van der Waals surface area (Å²) in [6.07, 6.45) is 1.17. The quantitative estimate of drug-likeness (QED) is 0.800. The molecule has 1 aromatic carbocycles. The Morgan fingerprint density at radius 2 is 1.90 bits per heavy atom. The number of aliphatic carboxylic acids is 1. The van der Waals surface area contributed by atoms with E-state index in [0.717, 1.165) is 11.3 Å². The van der Waals surface area contributed by atoms with Crippen molar-refractivity contribution in [1.29, 1.82) is 0 Å². The monoisotopic (exact) mass is 279 g/mol. The molecule has 2 N–H and O–H groups in total. The molecule has 0 radical (unpaired) electrons. The minimum atomic E-state index is -1.20. The van der Waals surface area contributed by atoms with Gasteiger partial charge in [-0.25, -0.2) is 4.79 Å². The summed E-state index contributed by atoms with van der Waals surface area (Å²) in [7, 11) is 1.60. The van der Waals surface area contributed by atoms with Gasteiger partial charge in [0, 0.05) is 6.42 Å². The molecule has 0 aromatic heterocycles. The molecule has 1 amide bonds. The molecule has 0 aliphatic carbocycles. The van der Waals surface area contributed by atoms with E-state index in [9.17, 15) is 9.59 Å². The Labute approximate surface area is 118 Å². The Bertz CT molecular complexity index is 469. The number of hydrogen-bond donors (Lipinski definition) is 2. The van der Waals surface area contributed by atoms with Crippen molar-refractivity contribution in [3.63, 3.8) is 0 Å². The van der Waals surface area contributed by atoms with Crippen LogP contribution in [0.4, 0.5) is 0 Å². The van der Waals surface area contributed by atoms with Crippen LogP contribution in [0.15, 0.2) is 24.3 Å². The SMILES string of the molecule is CCC(C)(NC(=O)CCc1ccc(OC)cc1)C(=O)O. The predicted molar refractivity (Wildman–Crippen MR) is 75.8 cm³/mol. The molecule has 0 aliphatic rings. The fourth-order valence-corrected chi connectivity index (χ4v) is 1.71. The molecule has 0 saturated heterocycles. The van der Waals surface area contributed by atoms with Crippen molar-refractivity contribution in [2.45, 2.75) is 38.6 Å². The number of rotatable bonds is 7. The van der Waals surface area contributed by atoms with E-state index in [2.05, 4.69) is 5.32 Å². The predicted octanol–water partition coefficient (Wildman–Crippen LogP) is 2.00. The first-order chi connectivity index (χ1) is 9.41. The van der Waals surface area contributed by atoms with Crippen LogP contribution in [0, 0.1) is 0 Å². The summed E-state index contributed by atoms with van der Waals surface area (Å²) in [5.74, 6) is -0.506. The van der Waals surface area contributed by atoms with E-state index in [1.165, 1.54) is 6.92 Å². The molecule has 5 nitrogen and oxygen atoms in total. The molecule has 1 rings (SSSR count). The first-order valence-electron chi connectivity index (χ1n) is 6.58. The van der Waals surface area contributed by atoms with E-state index >= 15 is 0 Å². The van der Waals surface area contributed by atoms with Crippen molar-refractivity contribution < 1.29 is 19.4 Å². The summed E-state index contributed by atoms with van der Waals surface area (Å²) in [5.41, 5.74) is -0.189. The third kappa shape index (κ3) is 4.26. The van der Waals surface area contributed by atoms with Crippen molar-refractivity contribution in [1.82, 2.24) is 5.32 Å². The number of ether oxygens (including phenoxy) is 1. The topological polar surface area (TPSA) is 75.6 Å². The van der Waals surface area contributed by atoms with Crippen LogP contribution in [0.1, 0.15) is 32.3 Å². The highest BCUT2D eigenvalue weighted by Gasteiger charge is 2.32. The largest absolute Gasteiger partial charge is 0.497 e. The number of methoxy groups -OCH3 is 1. The number of carbonyl (C=O) groups is 2. The molecule has 1 atom stereocenters. The highest BCUT2D eigenvalue weighted by molar-refractivity contribution is 5.86. The maximum absolute atomic E-state index is 11.8. The molecule has 5 heteroatoms. The van der Waals surface area contributed by atoms with E-state index < -0.39 is 11.5 Å². The standard InChI is InChI=1S/C15H21NO4/c1-4-15(2,14(18)19)16-13(17)10-7-11-5-8-12(20-3)9-6-11/h5-6,8-9H,4,7,10H2,1-3H3,(H,16,17)(H,18,19). The average molecular weight is 279 g/mol.